The summed E-state index contributed by atoms with van der Waals surface area (Å²) in [6.07, 6.45) is 0. The second-order valence-electron chi connectivity index (χ2n) is 35.5. The second kappa shape index (κ2) is 29.6. The van der Waals surface area contributed by atoms with Crippen LogP contribution in [0.4, 0.5) is 0 Å². The van der Waals surface area contributed by atoms with Crippen LogP contribution in [0.3, 0.4) is 0 Å². The van der Waals surface area contributed by atoms with E-state index < -0.39 is 16.1 Å². The summed E-state index contributed by atoms with van der Waals surface area (Å²) in [5.74, 6) is 5.82. The molecular formula is C119H74N14O2Si2. The van der Waals surface area contributed by atoms with Crippen LogP contribution in [0.15, 0.2) is 458 Å². The Morgan fingerprint density at radius 2 is 0.496 bits per heavy atom. The van der Waals surface area contributed by atoms with Gasteiger partial charge in [0.1, 0.15) is 45.6 Å². The Balaban J connectivity index is 0.623. The third-order valence-electron chi connectivity index (χ3n) is 28.3. The molecule has 0 radical (unpaired) electrons. The highest BCUT2D eigenvalue weighted by molar-refractivity contribution is 7.20. The zero-order chi connectivity index (χ0) is 89.7. The topological polar surface area (TPSA) is 149 Å². The summed E-state index contributed by atoms with van der Waals surface area (Å²) >= 11 is 0. The van der Waals surface area contributed by atoms with Gasteiger partial charge in [-0.2, -0.15) is 0 Å². The fourth-order valence-electron chi connectivity index (χ4n) is 22.4. The molecule has 0 atom stereocenters. The Morgan fingerprint density at radius 3 is 0.927 bits per heavy atom. The molecule has 0 spiro atoms. The van der Waals surface area contributed by atoms with Crippen molar-refractivity contribution in [2.24, 2.45) is 0 Å². The number of nitrogens with zero attached hydrogens (tertiary/aromatic N) is 14. The summed E-state index contributed by atoms with van der Waals surface area (Å²) in [6.45, 7) is 0. The lowest BCUT2D eigenvalue weighted by molar-refractivity contribution is 0.668. The highest BCUT2D eigenvalue weighted by Gasteiger charge is 2.44. The van der Waals surface area contributed by atoms with Crippen LogP contribution in [0, 0.1) is 0 Å². The molecule has 640 valence electrons. The fourth-order valence-corrected chi connectivity index (χ4v) is 31.9. The van der Waals surface area contributed by atoms with Crippen molar-refractivity contribution in [2.45, 2.75) is 0 Å². The molecule has 29 rings (SSSR count). The van der Waals surface area contributed by atoms with Crippen LogP contribution in [0.2, 0.25) is 0 Å². The van der Waals surface area contributed by atoms with Crippen LogP contribution in [-0.2, 0) is 0 Å². The molecule has 0 unspecified atom stereocenters. The second-order valence-corrected chi connectivity index (χ2v) is 43.1. The highest BCUT2D eigenvalue weighted by atomic mass is 28.3. The third kappa shape index (κ3) is 11.2. The molecular weight excluding hydrogens is 1710 g/mol. The van der Waals surface area contributed by atoms with E-state index >= 15 is 0 Å². The summed E-state index contributed by atoms with van der Waals surface area (Å²) in [7, 11) is -6.28. The van der Waals surface area contributed by atoms with E-state index in [9.17, 15) is 0 Å². The maximum atomic E-state index is 6.53. The van der Waals surface area contributed by atoms with Gasteiger partial charge in [0.05, 0.1) is 77.2 Å². The SMILES string of the molecule is c1ccc([Si](c2ccccc2)(c2ccc(-c3nc(-n4c5ccccc5c5c(-c6ccc7c(c6)n6c8ccccc8nc6n7-c6cc(-n7c8ccccc8n8c9ccccc9nc78)nc(-c7ccc([Si](c8ccccc8)(c8ccccc8)c8ccc9oc%10ccccc%10c9c8)cc7)n6)cccc54)cc(-n4c5ccccc5n5c6ccccc6nc45)n3)cc2)c2ccc3oc4ccccc4c3c2)cc1. The number of imidazole rings is 6. The van der Waals surface area contributed by atoms with Crippen molar-refractivity contribution in [3.8, 4) is 57.2 Å². The Kier molecular flexibility index (Phi) is 16.5. The van der Waals surface area contributed by atoms with Crippen molar-refractivity contribution in [1.82, 2.24) is 66.4 Å². The molecule has 18 heteroatoms. The van der Waals surface area contributed by atoms with Crippen LogP contribution in [0.5, 0.6) is 0 Å². The number of benzene rings is 18. The average molecular weight is 1790 g/mol. The normalized spacial score (nSPS) is 12.4. The maximum Gasteiger partial charge on any atom is 0.221 e. The van der Waals surface area contributed by atoms with Gasteiger partial charge < -0.3 is 8.83 Å². The molecule has 0 saturated heterocycles. The van der Waals surface area contributed by atoms with Crippen LogP contribution in [0.25, 0.3) is 206 Å². The van der Waals surface area contributed by atoms with Crippen LogP contribution >= 0.6 is 0 Å². The zero-order valence-corrected chi connectivity index (χ0v) is 75.3. The van der Waals surface area contributed by atoms with Gasteiger partial charge in [-0.1, -0.05) is 328 Å². The first-order chi connectivity index (χ1) is 67.9. The van der Waals surface area contributed by atoms with E-state index in [4.69, 9.17) is 43.7 Å². The lowest BCUT2D eigenvalue weighted by Crippen LogP contribution is -2.74. The first-order valence-corrected chi connectivity index (χ1v) is 50.2. The number of furan rings is 2. The monoisotopic (exact) mass is 1790 g/mol. The van der Waals surface area contributed by atoms with Crippen molar-refractivity contribution in [1.29, 1.82) is 0 Å². The number of hydrogen-bond acceptors (Lipinski definition) is 9. The van der Waals surface area contributed by atoms with Gasteiger partial charge in [-0.05, 0) is 162 Å². The van der Waals surface area contributed by atoms with Gasteiger partial charge in [-0.3, -0.25) is 31.5 Å². The molecule has 29 aromatic rings. The molecule has 0 fully saturated rings. The average Bonchev–Trinajstić information content (AvgIpc) is 1.67. The van der Waals surface area contributed by atoms with E-state index in [2.05, 4.69) is 462 Å². The zero-order valence-electron chi connectivity index (χ0n) is 73.3. The van der Waals surface area contributed by atoms with E-state index in [1.807, 2.05) is 18.2 Å². The number of aromatic nitrogens is 14. The molecule has 0 aliphatic carbocycles. The van der Waals surface area contributed by atoms with E-state index in [-0.39, 0.29) is 0 Å². The molecule has 0 amide bonds. The molecule has 0 saturated carbocycles. The number of fused-ring (bicyclic) bond motifs is 24. The standard InChI is InChI=1S/C119H74N14O2Si2/c1-5-30-78(31-6-1)136(79-32-7-2-8-33-79,84-65-68-108-90(71-84)87-38-14-27-54-106(87)134-108)82-61-56-75(57-62-82)115-123-110(73-111(124-115)131-101-51-25-23-49-99(101)128-96-46-20-16-42-92(96)120-117(128)131)127-95-45-19-13-40-89(95)114-86(41-29-53-104(114)127)77-60-67-103-105(70-77)130-98-48-22-18-44-94(98)122-119(130)133(103)113-74-112(132-102-52-26-24-50-100(102)129-97-47-21-17-43-93(97)121-118(129)132)125-116(126-113)76-58-63-83(64-59-76)137(80-34-9-3-10-35-80,81-36-11-4-12-37-81)85-66-69-109-91(72-85)88-39-15-28-55-107(88)135-109/h1-74H. The minimum atomic E-state index is -3.15. The van der Waals surface area contributed by atoms with Crippen LogP contribution in [-0.4, -0.2) is 82.5 Å². The number of hydrogen-bond donors (Lipinski definition) is 0. The third-order valence-corrected chi connectivity index (χ3v) is 37.9. The van der Waals surface area contributed by atoms with Gasteiger partial charge in [0, 0.05) is 55.6 Å². The van der Waals surface area contributed by atoms with Crippen molar-refractivity contribution in [3.63, 3.8) is 0 Å². The van der Waals surface area contributed by atoms with Gasteiger partial charge in [-0.25, -0.2) is 34.9 Å². The predicted molar refractivity (Wildman–Crippen MR) is 559 cm³/mol. The van der Waals surface area contributed by atoms with E-state index in [0.29, 0.717) is 40.7 Å². The first kappa shape index (κ1) is 76.5. The lowest BCUT2D eigenvalue weighted by Gasteiger charge is -2.34. The van der Waals surface area contributed by atoms with Gasteiger partial charge in [0.25, 0.3) is 0 Å². The number of rotatable bonds is 15. The fraction of sp³-hybridized carbons (Fsp3) is 0. The van der Waals surface area contributed by atoms with Gasteiger partial charge in [0.15, 0.2) is 27.8 Å². The summed E-state index contributed by atoms with van der Waals surface area (Å²) in [6, 6.07) is 162. The van der Waals surface area contributed by atoms with Crippen molar-refractivity contribution in [2.75, 3.05) is 0 Å². The van der Waals surface area contributed by atoms with Gasteiger partial charge in [0.2, 0.25) is 17.3 Å². The Hall–Kier alpha value is -18.2. The molecule has 18 aromatic carbocycles. The Morgan fingerprint density at radius 1 is 0.182 bits per heavy atom. The van der Waals surface area contributed by atoms with Crippen LogP contribution in [0.1, 0.15) is 0 Å². The first-order valence-electron chi connectivity index (χ1n) is 46.2. The van der Waals surface area contributed by atoms with Crippen molar-refractivity contribution >= 4 is 207 Å². The highest BCUT2D eigenvalue weighted by Crippen LogP contribution is 2.44. The molecule has 11 heterocycles. The molecule has 11 aromatic heterocycles. The predicted octanol–water partition coefficient (Wildman–Crippen LogP) is 22.2. The summed E-state index contributed by atoms with van der Waals surface area (Å²) in [5.41, 5.74) is 20.4. The summed E-state index contributed by atoms with van der Waals surface area (Å²) in [5, 5.41) is 16.4. The molecule has 0 aliphatic heterocycles. The molecule has 137 heavy (non-hydrogen) atoms. The Labute approximate surface area is 782 Å². The Bertz CT molecular complexity index is 9950. The van der Waals surface area contributed by atoms with Gasteiger partial charge >= 0.3 is 0 Å². The largest absolute Gasteiger partial charge is 0.456 e. The minimum Gasteiger partial charge on any atom is -0.456 e. The molecule has 0 aliphatic rings. The number of para-hydroxylation sites is 13. The van der Waals surface area contributed by atoms with Crippen molar-refractivity contribution in [3.05, 3.63) is 449 Å². The van der Waals surface area contributed by atoms with E-state index in [1.54, 1.807) is 0 Å². The smallest absolute Gasteiger partial charge is 0.221 e. The summed E-state index contributed by atoms with van der Waals surface area (Å²) in [4.78, 5) is 39.7. The quantitative estimate of drug-likeness (QED) is 0.0722. The van der Waals surface area contributed by atoms with E-state index in [0.717, 1.165) is 166 Å². The van der Waals surface area contributed by atoms with E-state index in [1.165, 1.54) is 41.5 Å². The summed E-state index contributed by atoms with van der Waals surface area (Å²) < 4.78 is 28.8. The minimum absolute atomic E-state index is 0.524. The maximum absolute atomic E-state index is 6.53. The lowest BCUT2D eigenvalue weighted by atomic mass is 9.99. The van der Waals surface area contributed by atoms with Gasteiger partial charge in [-0.15, -0.1) is 0 Å². The molecule has 0 N–H and O–H groups in total. The van der Waals surface area contributed by atoms with Crippen molar-refractivity contribution < 1.29 is 8.83 Å². The van der Waals surface area contributed by atoms with Crippen LogP contribution < -0.4 is 41.5 Å². The molecule has 0 bridgehead atoms. The molecule has 16 nitrogen and oxygen atoms in total.